The van der Waals surface area contributed by atoms with E-state index in [2.05, 4.69) is 15.3 Å². The largest absolute Gasteiger partial charge is 0.394 e. The van der Waals surface area contributed by atoms with Crippen molar-refractivity contribution in [2.24, 2.45) is 11.7 Å². The van der Waals surface area contributed by atoms with Crippen LogP contribution in [0.2, 0.25) is 0 Å². The predicted octanol–water partition coefficient (Wildman–Crippen LogP) is 0.238. The Morgan fingerprint density at radius 1 is 1.26 bits per heavy atom. The zero-order valence-corrected chi connectivity index (χ0v) is 17.7. The third-order valence-electron chi connectivity index (χ3n) is 5.54. The number of aliphatic hydroxyl groups excluding tert-OH is 2. The Kier molecular flexibility index (Phi) is 7.32. The second kappa shape index (κ2) is 9.95. The van der Waals surface area contributed by atoms with E-state index < -0.39 is 30.1 Å². The minimum atomic E-state index is -0.833. The van der Waals surface area contributed by atoms with Crippen molar-refractivity contribution < 1.29 is 19.8 Å². The van der Waals surface area contributed by atoms with Crippen molar-refractivity contribution in [3.63, 3.8) is 0 Å². The van der Waals surface area contributed by atoms with E-state index in [-0.39, 0.29) is 31.4 Å². The lowest BCUT2D eigenvalue weighted by molar-refractivity contribution is -0.140. The number of carbonyl (C=O) groups is 2. The van der Waals surface area contributed by atoms with Crippen molar-refractivity contribution >= 4 is 11.8 Å². The molecule has 9 heteroatoms. The molecule has 2 amide bonds. The van der Waals surface area contributed by atoms with E-state index in [9.17, 15) is 19.8 Å². The zero-order chi connectivity index (χ0) is 22.5. The van der Waals surface area contributed by atoms with Crippen molar-refractivity contribution in [1.82, 2.24) is 20.2 Å². The van der Waals surface area contributed by atoms with E-state index in [1.165, 1.54) is 4.90 Å². The third kappa shape index (κ3) is 5.25. The molecule has 0 unspecified atom stereocenters. The molecular weight excluding hydrogens is 398 g/mol. The summed E-state index contributed by atoms with van der Waals surface area (Å²) in [6, 6.07) is 5.04. The smallest absolute Gasteiger partial charge is 0.243 e. The van der Waals surface area contributed by atoms with Crippen LogP contribution in [-0.4, -0.2) is 68.2 Å². The Balaban J connectivity index is 1.72. The van der Waals surface area contributed by atoms with Gasteiger partial charge >= 0.3 is 0 Å². The van der Waals surface area contributed by atoms with Gasteiger partial charge in [-0.05, 0) is 11.5 Å². The van der Waals surface area contributed by atoms with E-state index in [0.29, 0.717) is 11.3 Å². The Bertz CT molecular complexity index is 891. The SMILES string of the molecule is CC(C)[C@H](N)C(=O)N1C[C@H](O)C[C@H]1C(=O)N[C@@H](CO)c1ccc(-c2cnccn2)cc1. The minimum Gasteiger partial charge on any atom is -0.394 e. The first kappa shape index (κ1) is 22.8. The van der Waals surface area contributed by atoms with Crippen molar-refractivity contribution in [1.29, 1.82) is 0 Å². The van der Waals surface area contributed by atoms with Crippen molar-refractivity contribution in [3.8, 4) is 11.3 Å². The summed E-state index contributed by atoms with van der Waals surface area (Å²) < 4.78 is 0. The fourth-order valence-corrected chi connectivity index (χ4v) is 3.62. The Labute approximate surface area is 181 Å². The van der Waals surface area contributed by atoms with Gasteiger partial charge in [-0.15, -0.1) is 0 Å². The molecule has 1 aliphatic heterocycles. The summed E-state index contributed by atoms with van der Waals surface area (Å²) in [7, 11) is 0. The molecule has 2 aromatic rings. The summed E-state index contributed by atoms with van der Waals surface area (Å²) in [5.41, 5.74) is 8.26. The van der Waals surface area contributed by atoms with E-state index >= 15 is 0 Å². The molecule has 2 heterocycles. The molecule has 1 saturated heterocycles. The van der Waals surface area contributed by atoms with Crippen molar-refractivity contribution in [2.75, 3.05) is 13.2 Å². The van der Waals surface area contributed by atoms with Gasteiger partial charge in [0.2, 0.25) is 11.8 Å². The first-order valence-corrected chi connectivity index (χ1v) is 10.3. The summed E-state index contributed by atoms with van der Waals surface area (Å²) in [5.74, 6) is -0.884. The molecule has 0 radical (unpaired) electrons. The summed E-state index contributed by atoms with van der Waals surface area (Å²) >= 11 is 0. The molecule has 1 aliphatic rings. The zero-order valence-electron chi connectivity index (χ0n) is 17.7. The van der Waals surface area contributed by atoms with Gasteiger partial charge in [-0.3, -0.25) is 19.6 Å². The van der Waals surface area contributed by atoms with E-state index in [1.54, 1.807) is 30.7 Å². The Hall–Kier alpha value is -2.88. The second-order valence-electron chi connectivity index (χ2n) is 8.12. The molecule has 1 fully saturated rings. The van der Waals surface area contributed by atoms with E-state index in [4.69, 9.17) is 5.73 Å². The number of hydrogen-bond donors (Lipinski definition) is 4. The normalized spacial score (nSPS) is 20.5. The topological polar surface area (TPSA) is 142 Å². The highest BCUT2D eigenvalue weighted by Gasteiger charge is 2.41. The van der Waals surface area contributed by atoms with E-state index in [1.807, 2.05) is 26.0 Å². The lowest BCUT2D eigenvalue weighted by Gasteiger charge is -2.29. The monoisotopic (exact) mass is 427 g/mol. The molecule has 0 bridgehead atoms. The van der Waals surface area contributed by atoms with Gasteiger partial charge in [0, 0.05) is 30.9 Å². The molecular formula is C22H29N5O4. The van der Waals surface area contributed by atoms with Crippen molar-refractivity contribution in [3.05, 3.63) is 48.4 Å². The number of nitrogens with two attached hydrogens (primary N) is 1. The van der Waals surface area contributed by atoms with Gasteiger partial charge in [0.25, 0.3) is 0 Å². The lowest BCUT2D eigenvalue weighted by Crippen LogP contribution is -2.53. The van der Waals surface area contributed by atoms with Gasteiger partial charge in [0.15, 0.2) is 0 Å². The first-order chi connectivity index (χ1) is 14.8. The van der Waals surface area contributed by atoms with Gasteiger partial charge in [-0.2, -0.15) is 0 Å². The predicted molar refractivity (Wildman–Crippen MR) is 114 cm³/mol. The van der Waals surface area contributed by atoms with Crippen LogP contribution < -0.4 is 11.1 Å². The average molecular weight is 428 g/mol. The van der Waals surface area contributed by atoms with Gasteiger partial charge in [0.1, 0.15) is 6.04 Å². The Morgan fingerprint density at radius 2 is 1.97 bits per heavy atom. The van der Waals surface area contributed by atoms with Crippen LogP contribution in [0.3, 0.4) is 0 Å². The maximum atomic E-state index is 12.9. The van der Waals surface area contributed by atoms with Crippen LogP contribution in [0.25, 0.3) is 11.3 Å². The number of rotatable bonds is 7. The van der Waals surface area contributed by atoms with Crippen LogP contribution in [0.4, 0.5) is 0 Å². The summed E-state index contributed by atoms with van der Waals surface area (Å²) in [5, 5.41) is 22.7. The van der Waals surface area contributed by atoms with Crippen LogP contribution in [0.5, 0.6) is 0 Å². The summed E-state index contributed by atoms with van der Waals surface area (Å²) in [4.78, 5) is 35.3. The van der Waals surface area contributed by atoms with Crippen LogP contribution in [0.1, 0.15) is 31.9 Å². The number of likely N-dealkylation sites (tertiary alicyclic amines) is 1. The number of amides is 2. The lowest BCUT2D eigenvalue weighted by atomic mass is 10.0. The number of nitrogens with one attached hydrogen (secondary N) is 1. The third-order valence-corrected chi connectivity index (χ3v) is 5.54. The number of aromatic nitrogens is 2. The Morgan fingerprint density at radius 3 is 2.55 bits per heavy atom. The molecule has 0 spiro atoms. The molecule has 31 heavy (non-hydrogen) atoms. The number of carbonyl (C=O) groups excluding carboxylic acids is 2. The number of benzene rings is 1. The number of nitrogens with zero attached hydrogens (tertiary/aromatic N) is 3. The maximum absolute atomic E-state index is 12.9. The summed E-state index contributed by atoms with van der Waals surface area (Å²) in [6.07, 6.45) is 4.19. The fourth-order valence-electron chi connectivity index (χ4n) is 3.62. The maximum Gasteiger partial charge on any atom is 0.243 e. The van der Waals surface area contributed by atoms with E-state index in [0.717, 1.165) is 5.56 Å². The number of β-amino-alcohol motifs (C(OH)–C–C–N with tert-alkyl or cyclic N) is 1. The molecule has 5 N–H and O–H groups in total. The molecule has 0 aliphatic carbocycles. The van der Waals surface area contributed by atoms with Gasteiger partial charge in [-0.1, -0.05) is 38.1 Å². The minimum absolute atomic E-state index is 0.0634. The van der Waals surface area contributed by atoms with Gasteiger partial charge < -0.3 is 26.2 Å². The molecule has 9 nitrogen and oxygen atoms in total. The number of aliphatic hydroxyl groups is 2. The highest BCUT2D eigenvalue weighted by Crippen LogP contribution is 2.23. The number of hydrogen-bond acceptors (Lipinski definition) is 7. The highest BCUT2D eigenvalue weighted by molar-refractivity contribution is 5.90. The first-order valence-electron chi connectivity index (χ1n) is 10.3. The molecule has 4 atom stereocenters. The fraction of sp³-hybridized carbons (Fsp3) is 0.455. The average Bonchev–Trinajstić information content (AvgIpc) is 3.18. The van der Waals surface area contributed by atoms with Gasteiger partial charge in [0.05, 0.1) is 36.7 Å². The van der Waals surface area contributed by atoms with Crippen LogP contribution >= 0.6 is 0 Å². The van der Waals surface area contributed by atoms with Crippen molar-refractivity contribution in [2.45, 2.75) is 44.5 Å². The van der Waals surface area contributed by atoms with Crippen LogP contribution in [0.15, 0.2) is 42.9 Å². The highest BCUT2D eigenvalue weighted by atomic mass is 16.3. The van der Waals surface area contributed by atoms with Crippen LogP contribution in [0, 0.1) is 5.92 Å². The quantitative estimate of drug-likeness (QED) is 0.496. The molecule has 1 aromatic carbocycles. The molecule has 0 saturated carbocycles. The van der Waals surface area contributed by atoms with Gasteiger partial charge in [-0.25, -0.2) is 0 Å². The second-order valence-corrected chi connectivity index (χ2v) is 8.12. The standard InChI is InChI=1S/C22H29N5O4/c1-13(2)20(23)22(31)27-11-16(29)9-19(27)21(30)26-18(12-28)15-5-3-14(4-6-15)17-10-24-7-8-25-17/h3-8,10,13,16,18-20,28-29H,9,11-12,23H2,1-2H3,(H,26,30)/t16-,18+,19+,20+/m1/s1. The van der Waals surface area contributed by atoms with Crippen LogP contribution in [-0.2, 0) is 9.59 Å². The molecule has 3 rings (SSSR count). The summed E-state index contributed by atoms with van der Waals surface area (Å²) in [6.45, 7) is 3.41. The molecule has 1 aromatic heterocycles. The molecule has 166 valence electrons.